The molecule has 1 N–H and O–H groups in total. The summed E-state index contributed by atoms with van der Waals surface area (Å²) in [4.78, 5) is 37.2. The first-order valence-electron chi connectivity index (χ1n) is 15.9. The zero-order valence-corrected chi connectivity index (χ0v) is 27.0. The Morgan fingerprint density at radius 2 is 1.59 bits per heavy atom. The van der Waals surface area contributed by atoms with Gasteiger partial charge in [0.05, 0.1) is 5.92 Å². The average Bonchev–Trinajstić information content (AvgIpc) is 3.07. The van der Waals surface area contributed by atoms with Crippen molar-refractivity contribution in [1.29, 1.82) is 0 Å². The lowest BCUT2D eigenvalue weighted by Crippen LogP contribution is -2.56. The Morgan fingerprint density at radius 3 is 2.15 bits per heavy atom. The van der Waals surface area contributed by atoms with Gasteiger partial charge >= 0.3 is 17.9 Å². The molecule has 0 aromatic heterocycles. The van der Waals surface area contributed by atoms with Gasteiger partial charge < -0.3 is 14.6 Å². The maximum Gasteiger partial charge on any atom is 0.306 e. The third-order valence-corrected chi connectivity index (χ3v) is 12.7. The number of carbonyl (C=O) groups excluding carboxylic acids is 2. The SMILES string of the molecule is C=C(CC[C@@H](C(=O)O)[C@H]1C(OC(C)=O)C[C@@]2(C)C3=C(CC[C@]12C)[C@@]1(C)CCC(OC(C)=O)C(C)(C)[C@@H]1CC3)C(C)C. The van der Waals surface area contributed by atoms with E-state index in [-0.39, 0.29) is 45.6 Å². The summed E-state index contributed by atoms with van der Waals surface area (Å²) in [5.41, 5.74) is 3.42. The van der Waals surface area contributed by atoms with E-state index in [0.29, 0.717) is 31.1 Å². The maximum absolute atomic E-state index is 12.9. The summed E-state index contributed by atoms with van der Waals surface area (Å²) >= 11 is 0. The molecule has 0 spiro atoms. The number of carboxylic acids is 1. The van der Waals surface area contributed by atoms with E-state index in [2.05, 4.69) is 55.0 Å². The lowest BCUT2D eigenvalue weighted by Gasteiger charge is -2.62. The van der Waals surface area contributed by atoms with Crippen LogP contribution >= 0.6 is 0 Å². The molecule has 0 aromatic carbocycles. The van der Waals surface area contributed by atoms with Gasteiger partial charge in [-0.15, -0.1) is 0 Å². The summed E-state index contributed by atoms with van der Waals surface area (Å²) in [5.74, 6) is -1.50. The van der Waals surface area contributed by atoms with Crippen LogP contribution in [0.2, 0.25) is 0 Å². The Labute approximate surface area is 247 Å². The maximum atomic E-state index is 12.9. The number of carboxylic acid groups (broad SMARTS) is 1. The van der Waals surface area contributed by atoms with Crippen molar-refractivity contribution in [2.45, 2.75) is 132 Å². The van der Waals surface area contributed by atoms with E-state index in [1.54, 1.807) is 5.57 Å². The molecule has 230 valence electrons. The Hall–Kier alpha value is -2.11. The highest BCUT2D eigenvalue weighted by molar-refractivity contribution is 5.71. The molecule has 8 atom stereocenters. The zero-order valence-electron chi connectivity index (χ0n) is 27.0. The Balaban J connectivity index is 1.76. The van der Waals surface area contributed by atoms with Crippen LogP contribution in [-0.2, 0) is 23.9 Å². The first kappa shape index (κ1) is 31.8. The van der Waals surface area contributed by atoms with Crippen LogP contribution in [0.25, 0.3) is 0 Å². The fourth-order valence-electron chi connectivity index (χ4n) is 10.3. The normalized spacial score (nSPS) is 38.4. The molecule has 0 heterocycles. The Bertz CT molecular complexity index is 1130. The lowest BCUT2D eigenvalue weighted by molar-refractivity contribution is -0.167. The number of carbonyl (C=O) groups is 3. The van der Waals surface area contributed by atoms with Gasteiger partial charge in [-0.1, -0.05) is 71.8 Å². The lowest BCUT2D eigenvalue weighted by atomic mass is 9.43. The quantitative estimate of drug-likeness (QED) is 0.236. The second kappa shape index (κ2) is 10.9. The van der Waals surface area contributed by atoms with Gasteiger partial charge in [-0.2, -0.15) is 0 Å². The Morgan fingerprint density at radius 1 is 0.951 bits per heavy atom. The van der Waals surface area contributed by atoms with Gasteiger partial charge in [0.1, 0.15) is 12.2 Å². The molecule has 0 amide bonds. The highest BCUT2D eigenvalue weighted by Gasteiger charge is 2.67. The molecule has 6 nitrogen and oxygen atoms in total. The predicted octanol–water partition coefficient (Wildman–Crippen LogP) is 7.90. The monoisotopic (exact) mass is 570 g/mol. The van der Waals surface area contributed by atoms with E-state index in [9.17, 15) is 19.5 Å². The van der Waals surface area contributed by atoms with Crippen LogP contribution in [0.5, 0.6) is 0 Å². The zero-order chi connectivity index (χ0) is 30.7. The molecular weight excluding hydrogens is 516 g/mol. The molecule has 0 aromatic rings. The first-order valence-corrected chi connectivity index (χ1v) is 15.9. The first-order chi connectivity index (χ1) is 18.9. The van der Waals surface area contributed by atoms with Crippen LogP contribution in [0.3, 0.4) is 0 Å². The summed E-state index contributed by atoms with van der Waals surface area (Å²) in [6.45, 7) is 23.0. The number of rotatable bonds is 8. The van der Waals surface area contributed by atoms with Crippen molar-refractivity contribution in [2.24, 2.45) is 45.3 Å². The van der Waals surface area contributed by atoms with Crippen molar-refractivity contribution < 1.29 is 29.0 Å². The summed E-state index contributed by atoms with van der Waals surface area (Å²) < 4.78 is 11.9. The molecule has 2 saturated carbocycles. The van der Waals surface area contributed by atoms with Crippen LogP contribution in [-0.4, -0.2) is 35.2 Å². The highest BCUT2D eigenvalue weighted by Crippen LogP contribution is 2.73. The average molecular weight is 571 g/mol. The van der Waals surface area contributed by atoms with Gasteiger partial charge in [0.15, 0.2) is 0 Å². The van der Waals surface area contributed by atoms with E-state index >= 15 is 0 Å². The number of ether oxygens (including phenoxy) is 2. The summed E-state index contributed by atoms with van der Waals surface area (Å²) in [6, 6.07) is 0. The van der Waals surface area contributed by atoms with Crippen LogP contribution in [0.1, 0.15) is 120 Å². The van der Waals surface area contributed by atoms with Gasteiger partial charge in [0, 0.05) is 25.2 Å². The molecular formula is C35H54O6. The molecule has 0 radical (unpaired) electrons. The molecule has 0 saturated heterocycles. The number of allylic oxidation sites excluding steroid dienone is 3. The molecule has 0 aliphatic heterocycles. The number of esters is 2. The van der Waals surface area contributed by atoms with Crippen LogP contribution < -0.4 is 0 Å². The number of hydrogen-bond acceptors (Lipinski definition) is 5. The van der Waals surface area contributed by atoms with Crippen LogP contribution in [0.4, 0.5) is 0 Å². The molecule has 4 aliphatic carbocycles. The van der Waals surface area contributed by atoms with Gasteiger partial charge in [0.25, 0.3) is 0 Å². The highest BCUT2D eigenvalue weighted by atomic mass is 16.5. The van der Waals surface area contributed by atoms with Crippen molar-refractivity contribution in [3.8, 4) is 0 Å². The number of hydrogen-bond donors (Lipinski definition) is 1. The number of fused-ring (bicyclic) bond motifs is 4. The van der Waals surface area contributed by atoms with Gasteiger partial charge in [-0.25, -0.2) is 0 Å². The largest absolute Gasteiger partial charge is 0.481 e. The smallest absolute Gasteiger partial charge is 0.306 e. The fourth-order valence-corrected chi connectivity index (χ4v) is 10.3. The molecule has 4 aliphatic rings. The molecule has 4 rings (SSSR count). The van der Waals surface area contributed by atoms with Gasteiger partial charge in [-0.05, 0) is 85.9 Å². The summed E-state index contributed by atoms with van der Waals surface area (Å²) in [5, 5.41) is 10.6. The van der Waals surface area contributed by atoms with Crippen molar-refractivity contribution in [2.75, 3.05) is 0 Å². The summed E-state index contributed by atoms with van der Waals surface area (Å²) in [6.07, 6.45) is 6.98. The van der Waals surface area contributed by atoms with Gasteiger partial charge in [-0.3, -0.25) is 14.4 Å². The van der Waals surface area contributed by atoms with E-state index in [0.717, 1.165) is 44.1 Å². The number of aliphatic carboxylic acids is 1. The third kappa shape index (κ3) is 5.09. The fraction of sp³-hybridized carbons (Fsp3) is 0.800. The summed E-state index contributed by atoms with van der Waals surface area (Å²) in [7, 11) is 0. The van der Waals surface area contributed by atoms with Crippen LogP contribution in [0.15, 0.2) is 23.3 Å². The predicted molar refractivity (Wildman–Crippen MR) is 160 cm³/mol. The van der Waals surface area contributed by atoms with E-state index in [4.69, 9.17) is 9.47 Å². The minimum Gasteiger partial charge on any atom is -0.481 e. The van der Waals surface area contributed by atoms with Gasteiger partial charge in [0.2, 0.25) is 0 Å². The second-order valence-electron chi connectivity index (χ2n) is 15.3. The molecule has 41 heavy (non-hydrogen) atoms. The van der Waals surface area contributed by atoms with Crippen molar-refractivity contribution in [1.82, 2.24) is 0 Å². The van der Waals surface area contributed by atoms with E-state index in [1.807, 2.05) is 0 Å². The molecule has 2 unspecified atom stereocenters. The van der Waals surface area contributed by atoms with Crippen LogP contribution in [0, 0.1) is 45.3 Å². The van der Waals surface area contributed by atoms with E-state index in [1.165, 1.54) is 19.4 Å². The third-order valence-electron chi connectivity index (χ3n) is 12.7. The molecule has 2 fully saturated rings. The minimum absolute atomic E-state index is 0.00823. The topological polar surface area (TPSA) is 89.9 Å². The molecule has 6 heteroatoms. The minimum atomic E-state index is -0.796. The van der Waals surface area contributed by atoms with E-state index < -0.39 is 18.0 Å². The molecule has 0 bridgehead atoms. The second-order valence-corrected chi connectivity index (χ2v) is 15.3. The van der Waals surface area contributed by atoms with Crippen molar-refractivity contribution in [3.05, 3.63) is 23.3 Å². The van der Waals surface area contributed by atoms with Crippen molar-refractivity contribution in [3.63, 3.8) is 0 Å². The van der Waals surface area contributed by atoms with Crippen molar-refractivity contribution >= 4 is 17.9 Å². The standard InChI is InChI=1S/C35H54O6/c1-20(2)21(3)11-12-24(31(38)39)30-27(40-22(4)36)19-35(10)26-13-14-28-32(6,7)29(41-23(5)37)16-17-33(28,8)25(26)15-18-34(30,35)9/h20,24,27-30H,3,11-19H2,1-2,4-10H3,(H,38,39)/t24-,27?,28+,29?,30+,33-,34-,35+/m1/s1. The Kier molecular flexibility index (Phi) is 8.43.